The number of nitrogens with zero attached hydrogens (tertiary/aromatic N) is 1. The molecule has 2 rings (SSSR count). The van der Waals surface area contributed by atoms with Gasteiger partial charge in [-0.3, -0.25) is 5.10 Å². The van der Waals surface area contributed by atoms with Gasteiger partial charge in [0, 0.05) is 23.1 Å². The molecular weight excluding hydrogens is 174 g/mol. The average Bonchev–Trinajstić information content (AvgIpc) is 2.69. The van der Waals surface area contributed by atoms with Gasteiger partial charge in [-0.1, -0.05) is 0 Å². The number of aromatic nitrogens is 2. The van der Waals surface area contributed by atoms with E-state index in [1.807, 2.05) is 6.07 Å². The molecule has 0 atom stereocenters. The first-order valence-corrected chi connectivity index (χ1v) is 4.68. The van der Waals surface area contributed by atoms with Crippen LogP contribution in [0, 0.1) is 0 Å². The van der Waals surface area contributed by atoms with E-state index in [2.05, 4.69) is 10.2 Å². The number of hydrogen-bond acceptors (Lipinski definition) is 2. The lowest BCUT2D eigenvalue weighted by atomic mass is 10.00. The number of hydrogen-bond donors (Lipinski definition) is 2. The Morgan fingerprint density at radius 1 is 1.67 bits per heavy atom. The lowest BCUT2D eigenvalue weighted by Crippen LogP contribution is -2.07. The van der Waals surface area contributed by atoms with Gasteiger partial charge in [0.2, 0.25) is 0 Å². The number of halogens is 1. The number of aromatic amines is 1. The Balaban J connectivity index is 2.18. The Bertz CT molecular complexity index is 278. The first kappa shape index (κ1) is 7.92. The van der Waals surface area contributed by atoms with Crippen molar-refractivity contribution in [3.05, 3.63) is 11.8 Å². The molecule has 1 aliphatic rings. The minimum atomic E-state index is 0.284. The number of rotatable bonds is 3. The Morgan fingerprint density at radius 2 is 2.42 bits per heavy atom. The lowest BCUT2D eigenvalue weighted by molar-refractivity contribution is 0.641. The molecule has 0 radical (unpaired) electrons. The van der Waals surface area contributed by atoms with Crippen molar-refractivity contribution in [2.24, 2.45) is 0 Å². The van der Waals surface area contributed by atoms with Gasteiger partial charge in [-0.25, -0.2) is 0 Å². The third-order valence-electron chi connectivity index (χ3n) is 2.60. The molecule has 0 amide bonds. The topological polar surface area (TPSA) is 54.7 Å². The summed E-state index contributed by atoms with van der Waals surface area (Å²) in [4.78, 5) is 0. The summed E-state index contributed by atoms with van der Waals surface area (Å²) >= 11 is 5.72. The van der Waals surface area contributed by atoms with Gasteiger partial charge < -0.3 is 5.73 Å². The summed E-state index contributed by atoms with van der Waals surface area (Å²) in [5.74, 6) is 1.28. The normalized spacial score (nSPS) is 19.4. The minimum absolute atomic E-state index is 0.284. The summed E-state index contributed by atoms with van der Waals surface area (Å²) in [5.41, 5.74) is 6.96. The fourth-order valence-electron chi connectivity index (χ4n) is 1.59. The van der Waals surface area contributed by atoms with E-state index >= 15 is 0 Å². The van der Waals surface area contributed by atoms with E-state index in [1.165, 1.54) is 12.8 Å². The van der Waals surface area contributed by atoms with Crippen molar-refractivity contribution in [2.45, 2.75) is 24.7 Å². The molecule has 3 N–H and O–H groups in total. The lowest BCUT2D eigenvalue weighted by Gasteiger charge is -2.09. The van der Waals surface area contributed by atoms with Gasteiger partial charge >= 0.3 is 0 Å². The van der Waals surface area contributed by atoms with Crippen LogP contribution in [0.5, 0.6) is 0 Å². The van der Waals surface area contributed by atoms with Crippen molar-refractivity contribution < 1.29 is 0 Å². The Kier molecular flexibility index (Phi) is 1.76. The first-order chi connectivity index (χ1) is 5.77. The highest BCUT2D eigenvalue weighted by Gasteiger charge is 2.44. The molecule has 66 valence electrons. The quantitative estimate of drug-likeness (QED) is 0.704. The second-order valence-corrected chi connectivity index (χ2v) is 3.80. The second kappa shape index (κ2) is 2.66. The molecule has 1 fully saturated rings. The van der Waals surface area contributed by atoms with E-state index in [0.717, 1.165) is 12.1 Å². The smallest absolute Gasteiger partial charge is 0.145 e. The van der Waals surface area contributed by atoms with Gasteiger partial charge in [0.1, 0.15) is 5.82 Å². The molecule has 1 aromatic rings. The van der Waals surface area contributed by atoms with Crippen LogP contribution in [0.1, 0.15) is 25.0 Å². The standard InChI is InChI=1S/C8H12ClN3/c9-4-3-8(1-2-8)6-5-7(10)12-11-6/h5H,1-4H2,(H3,10,11,12). The molecule has 4 heteroatoms. The highest BCUT2D eigenvalue weighted by atomic mass is 35.5. The number of nitrogens with two attached hydrogens (primary N) is 1. The monoisotopic (exact) mass is 185 g/mol. The number of anilines is 1. The van der Waals surface area contributed by atoms with Crippen LogP contribution in [-0.4, -0.2) is 16.1 Å². The molecule has 0 bridgehead atoms. The average molecular weight is 186 g/mol. The third-order valence-corrected chi connectivity index (χ3v) is 2.78. The number of nitrogens with one attached hydrogen (secondary N) is 1. The molecule has 12 heavy (non-hydrogen) atoms. The molecule has 0 saturated heterocycles. The van der Waals surface area contributed by atoms with Crippen molar-refractivity contribution in [1.82, 2.24) is 10.2 Å². The number of alkyl halides is 1. The molecule has 0 aliphatic heterocycles. The van der Waals surface area contributed by atoms with Gasteiger partial charge in [0.05, 0.1) is 0 Å². The zero-order valence-electron chi connectivity index (χ0n) is 6.81. The van der Waals surface area contributed by atoms with E-state index in [0.29, 0.717) is 11.7 Å². The Hall–Kier alpha value is -0.700. The van der Waals surface area contributed by atoms with Gasteiger partial charge in [-0.15, -0.1) is 11.6 Å². The maximum atomic E-state index is 5.72. The SMILES string of the molecule is Nc1cc(C2(CCCl)CC2)[nH]n1. The van der Waals surface area contributed by atoms with E-state index in [-0.39, 0.29) is 5.41 Å². The zero-order chi connectivity index (χ0) is 8.60. The van der Waals surface area contributed by atoms with Crippen LogP contribution in [0.4, 0.5) is 5.82 Å². The Labute approximate surface area is 76.3 Å². The second-order valence-electron chi connectivity index (χ2n) is 3.43. The van der Waals surface area contributed by atoms with Gasteiger partial charge in [-0.05, 0) is 19.3 Å². The Morgan fingerprint density at radius 3 is 2.83 bits per heavy atom. The van der Waals surface area contributed by atoms with Crippen LogP contribution >= 0.6 is 11.6 Å². The summed E-state index contributed by atoms with van der Waals surface area (Å²) in [6, 6.07) is 1.92. The van der Waals surface area contributed by atoms with Crippen LogP contribution in [0.25, 0.3) is 0 Å². The van der Waals surface area contributed by atoms with Gasteiger partial charge in [0.15, 0.2) is 0 Å². The largest absolute Gasteiger partial charge is 0.382 e. The summed E-state index contributed by atoms with van der Waals surface area (Å²) in [5, 5.41) is 6.87. The first-order valence-electron chi connectivity index (χ1n) is 4.14. The molecule has 0 aromatic carbocycles. The van der Waals surface area contributed by atoms with E-state index in [9.17, 15) is 0 Å². The van der Waals surface area contributed by atoms with Crippen LogP contribution in [0.3, 0.4) is 0 Å². The van der Waals surface area contributed by atoms with Crippen molar-refractivity contribution in [3.63, 3.8) is 0 Å². The van der Waals surface area contributed by atoms with E-state index in [4.69, 9.17) is 17.3 Å². The maximum Gasteiger partial charge on any atom is 0.145 e. The maximum absolute atomic E-state index is 5.72. The van der Waals surface area contributed by atoms with Gasteiger partial charge in [0.25, 0.3) is 0 Å². The molecule has 1 heterocycles. The number of nitrogen functional groups attached to an aromatic ring is 1. The molecule has 1 aromatic heterocycles. The molecule has 1 saturated carbocycles. The molecule has 3 nitrogen and oxygen atoms in total. The van der Waals surface area contributed by atoms with Crippen molar-refractivity contribution >= 4 is 17.4 Å². The van der Waals surface area contributed by atoms with Crippen molar-refractivity contribution in [2.75, 3.05) is 11.6 Å². The molecule has 0 unspecified atom stereocenters. The summed E-state index contributed by atoms with van der Waals surface area (Å²) in [7, 11) is 0. The van der Waals surface area contributed by atoms with Crippen LogP contribution in [-0.2, 0) is 5.41 Å². The highest BCUT2D eigenvalue weighted by molar-refractivity contribution is 6.17. The van der Waals surface area contributed by atoms with Crippen molar-refractivity contribution in [3.8, 4) is 0 Å². The molecule has 0 spiro atoms. The minimum Gasteiger partial charge on any atom is -0.382 e. The molecule has 1 aliphatic carbocycles. The van der Waals surface area contributed by atoms with E-state index < -0.39 is 0 Å². The predicted octanol–water partition coefficient (Wildman–Crippen LogP) is 1.65. The van der Waals surface area contributed by atoms with E-state index in [1.54, 1.807) is 0 Å². The number of H-pyrrole nitrogens is 1. The third kappa shape index (κ3) is 1.18. The van der Waals surface area contributed by atoms with Gasteiger partial charge in [-0.2, -0.15) is 5.10 Å². The fourth-order valence-corrected chi connectivity index (χ4v) is 1.96. The summed E-state index contributed by atoms with van der Waals surface area (Å²) < 4.78 is 0. The zero-order valence-corrected chi connectivity index (χ0v) is 7.56. The van der Waals surface area contributed by atoms with Crippen molar-refractivity contribution in [1.29, 1.82) is 0 Å². The summed E-state index contributed by atoms with van der Waals surface area (Å²) in [6.45, 7) is 0. The van der Waals surface area contributed by atoms with Crippen LogP contribution in [0.2, 0.25) is 0 Å². The van der Waals surface area contributed by atoms with Crippen LogP contribution in [0.15, 0.2) is 6.07 Å². The molecular formula is C8H12ClN3. The van der Waals surface area contributed by atoms with Crippen LogP contribution < -0.4 is 5.73 Å². The predicted molar refractivity (Wildman–Crippen MR) is 49.2 cm³/mol. The highest BCUT2D eigenvalue weighted by Crippen LogP contribution is 2.50. The summed E-state index contributed by atoms with van der Waals surface area (Å²) in [6.07, 6.45) is 3.44. The fraction of sp³-hybridized carbons (Fsp3) is 0.625.